The third kappa shape index (κ3) is 3.60. The van der Waals surface area contributed by atoms with Crippen molar-refractivity contribution in [2.75, 3.05) is 25.2 Å². The summed E-state index contributed by atoms with van der Waals surface area (Å²) in [4.78, 5) is 18.3. The molecule has 130 valence electrons. The Morgan fingerprint density at radius 2 is 2.04 bits per heavy atom. The van der Waals surface area contributed by atoms with Crippen LogP contribution < -0.4 is 19.5 Å². The van der Waals surface area contributed by atoms with Gasteiger partial charge in [-0.05, 0) is 37.1 Å². The van der Waals surface area contributed by atoms with Crippen molar-refractivity contribution in [3.05, 3.63) is 42.7 Å². The number of rotatable bonds is 3. The number of carbonyl (C=O) groups is 1. The number of amides is 2. The van der Waals surface area contributed by atoms with Crippen LogP contribution in [0, 0.1) is 0 Å². The van der Waals surface area contributed by atoms with Gasteiger partial charge in [-0.25, -0.2) is 4.79 Å². The van der Waals surface area contributed by atoms with Crippen LogP contribution in [0.25, 0.3) is 0 Å². The highest BCUT2D eigenvalue weighted by Crippen LogP contribution is 2.34. The molecule has 2 aliphatic heterocycles. The van der Waals surface area contributed by atoms with Gasteiger partial charge in [0.2, 0.25) is 6.79 Å². The maximum atomic E-state index is 12.5. The highest BCUT2D eigenvalue weighted by Gasteiger charge is 2.25. The SMILES string of the molecule is O=C(Nc1ccc2c(c1)OCO2)N1CCCC(Oc2ccncc2)C1. The smallest absolute Gasteiger partial charge is 0.321 e. The fourth-order valence-corrected chi connectivity index (χ4v) is 3.00. The molecule has 3 heterocycles. The molecule has 4 rings (SSSR count). The summed E-state index contributed by atoms with van der Waals surface area (Å²) in [7, 11) is 0. The fourth-order valence-electron chi connectivity index (χ4n) is 3.00. The molecule has 2 aliphatic rings. The van der Waals surface area contributed by atoms with E-state index in [-0.39, 0.29) is 18.9 Å². The number of fused-ring (bicyclic) bond motifs is 1. The number of carbonyl (C=O) groups excluding carboxylic acids is 1. The summed E-state index contributed by atoms with van der Waals surface area (Å²) in [6.07, 6.45) is 5.21. The van der Waals surface area contributed by atoms with Gasteiger partial charge in [0.05, 0.1) is 6.54 Å². The van der Waals surface area contributed by atoms with Crippen LogP contribution in [-0.4, -0.2) is 41.9 Å². The zero-order chi connectivity index (χ0) is 17.1. The molecule has 1 aromatic carbocycles. The largest absolute Gasteiger partial charge is 0.488 e. The Bertz CT molecular complexity index is 753. The minimum atomic E-state index is -0.137. The summed E-state index contributed by atoms with van der Waals surface area (Å²) < 4.78 is 16.6. The molecule has 0 aliphatic carbocycles. The molecular formula is C18H19N3O4. The number of nitrogens with zero attached hydrogens (tertiary/aromatic N) is 2. The third-order valence-electron chi connectivity index (χ3n) is 4.24. The Kier molecular flexibility index (Phi) is 4.28. The molecule has 1 atom stereocenters. The van der Waals surface area contributed by atoms with Crippen molar-refractivity contribution < 1.29 is 19.0 Å². The quantitative estimate of drug-likeness (QED) is 0.929. The van der Waals surface area contributed by atoms with Gasteiger partial charge in [-0.1, -0.05) is 0 Å². The van der Waals surface area contributed by atoms with E-state index in [1.807, 2.05) is 12.1 Å². The van der Waals surface area contributed by atoms with Gasteiger partial charge in [-0.2, -0.15) is 0 Å². The monoisotopic (exact) mass is 341 g/mol. The molecular weight excluding hydrogens is 322 g/mol. The van der Waals surface area contributed by atoms with Gasteiger partial charge < -0.3 is 24.4 Å². The van der Waals surface area contributed by atoms with Crippen molar-refractivity contribution in [1.82, 2.24) is 9.88 Å². The summed E-state index contributed by atoms with van der Waals surface area (Å²) in [5, 5.41) is 2.91. The van der Waals surface area contributed by atoms with Crippen molar-refractivity contribution in [2.45, 2.75) is 18.9 Å². The number of nitrogens with one attached hydrogen (secondary N) is 1. The number of pyridine rings is 1. The summed E-state index contributed by atoms with van der Waals surface area (Å²) in [5.41, 5.74) is 0.687. The number of likely N-dealkylation sites (tertiary alicyclic amines) is 1. The maximum absolute atomic E-state index is 12.5. The van der Waals surface area contributed by atoms with E-state index in [2.05, 4.69) is 10.3 Å². The topological polar surface area (TPSA) is 72.9 Å². The number of urea groups is 1. The second-order valence-electron chi connectivity index (χ2n) is 6.01. The molecule has 7 heteroatoms. The highest BCUT2D eigenvalue weighted by molar-refractivity contribution is 5.89. The molecule has 0 bridgehead atoms. The van der Waals surface area contributed by atoms with E-state index in [4.69, 9.17) is 14.2 Å². The van der Waals surface area contributed by atoms with Crippen LogP contribution in [-0.2, 0) is 0 Å². The lowest BCUT2D eigenvalue weighted by Crippen LogP contribution is -2.46. The summed E-state index contributed by atoms with van der Waals surface area (Å²) in [5.74, 6) is 2.12. The van der Waals surface area contributed by atoms with Crippen molar-refractivity contribution in [1.29, 1.82) is 0 Å². The molecule has 0 spiro atoms. The van der Waals surface area contributed by atoms with Crippen LogP contribution >= 0.6 is 0 Å². The van der Waals surface area contributed by atoms with E-state index in [1.165, 1.54) is 0 Å². The minimum Gasteiger partial charge on any atom is -0.488 e. The third-order valence-corrected chi connectivity index (χ3v) is 4.24. The lowest BCUT2D eigenvalue weighted by Gasteiger charge is -2.32. The molecule has 1 unspecified atom stereocenters. The number of piperidine rings is 1. The lowest BCUT2D eigenvalue weighted by molar-refractivity contribution is 0.106. The van der Waals surface area contributed by atoms with Gasteiger partial charge in [-0.15, -0.1) is 0 Å². The van der Waals surface area contributed by atoms with E-state index in [0.717, 1.165) is 18.6 Å². The van der Waals surface area contributed by atoms with Gasteiger partial charge in [-0.3, -0.25) is 4.98 Å². The highest BCUT2D eigenvalue weighted by atomic mass is 16.7. The molecule has 1 aromatic heterocycles. The number of hydrogen-bond donors (Lipinski definition) is 1. The van der Waals surface area contributed by atoms with Crippen LogP contribution in [0.5, 0.6) is 17.2 Å². The second kappa shape index (κ2) is 6.88. The molecule has 1 saturated heterocycles. The lowest BCUT2D eigenvalue weighted by atomic mass is 10.1. The van der Waals surface area contributed by atoms with E-state index in [9.17, 15) is 4.79 Å². The van der Waals surface area contributed by atoms with E-state index in [1.54, 1.807) is 35.5 Å². The van der Waals surface area contributed by atoms with Gasteiger partial charge in [0.1, 0.15) is 11.9 Å². The summed E-state index contributed by atoms with van der Waals surface area (Å²) in [6.45, 7) is 1.48. The molecule has 2 aromatic rings. The first-order valence-electron chi connectivity index (χ1n) is 8.30. The normalized spacial score (nSPS) is 18.7. The van der Waals surface area contributed by atoms with Gasteiger partial charge in [0.15, 0.2) is 11.5 Å². The van der Waals surface area contributed by atoms with E-state index < -0.39 is 0 Å². The zero-order valence-corrected chi connectivity index (χ0v) is 13.7. The molecule has 25 heavy (non-hydrogen) atoms. The van der Waals surface area contributed by atoms with E-state index in [0.29, 0.717) is 30.3 Å². The Balaban J connectivity index is 1.36. The molecule has 2 amide bonds. The first kappa shape index (κ1) is 15.6. The minimum absolute atomic E-state index is 0.0151. The standard InChI is InChI=1S/C18H19N3O4/c22-18(20-13-3-4-16-17(10-13)24-12-23-16)21-9-1-2-15(11-21)25-14-5-7-19-8-6-14/h3-8,10,15H,1-2,9,11-12H2,(H,20,22). The van der Waals surface area contributed by atoms with Crippen LogP contribution in [0.2, 0.25) is 0 Å². The summed E-state index contributed by atoms with van der Waals surface area (Å²) in [6, 6.07) is 8.89. The Morgan fingerprint density at radius 3 is 2.92 bits per heavy atom. The average Bonchev–Trinajstić information content (AvgIpc) is 3.10. The van der Waals surface area contributed by atoms with Crippen LogP contribution in [0.4, 0.5) is 10.5 Å². The van der Waals surface area contributed by atoms with Crippen LogP contribution in [0.1, 0.15) is 12.8 Å². The molecule has 0 saturated carbocycles. The van der Waals surface area contributed by atoms with Crippen molar-refractivity contribution in [3.63, 3.8) is 0 Å². The number of aromatic nitrogens is 1. The predicted octanol–water partition coefficient (Wildman–Crippen LogP) is 2.89. The predicted molar refractivity (Wildman–Crippen MR) is 91.0 cm³/mol. The first-order chi connectivity index (χ1) is 12.3. The molecule has 1 fully saturated rings. The Morgan fingerprint density at radius 1 is 1.20 bits per heavy atom. The fraction of sp³-hybridized carbons (Fsp3) is 0.333. The Hall–Kier alpha value is -2.96. The van der Waals surface area contributed by atoms with Crippen LogP contribution in [0.3, 0.4) is 0 Å². The van der Waals surface area contributed by atoms with Gasteiger partial charge in [0.25, 0.3) is 0 Å². The first-order valence-corrected chi connectivity index (χ1v) is 8.30. The van der Waals surface area contributed by atoms with Crippen molar-refractivity contribution in [2.24, 2.45) is 0 Å². The Labute approximate surface area is 145 Å². The van der Waals surface area contributed by atoms with E-state index >= 15 is 0 Å². The molecule has 7 nitrogen and oxygen atoms in total. The van der Waals surface area contributed by atoms with Crippen molar-refractivity contribution in [3.8, 4) is 17.2 Å². The average molecular weight is 341 g/mol. The number of ether oxygens (including phenoxy) is 3. The zero-order valence-electron chi connectivity index (χ0n) is 13.7. The number of anilines is 1. The summed E-state index contributed by atoms with van der Waals surface area (Å²) >= 11 is 0. The second-order valence-corrected chi connectivity index (χ2v) is 6.01. The van der Waals surface area contributed by atoms with Gasteiger partial charge >= 0.3 is 6.03 Å². The number of hydrogen-bond acceptors (Lipinski definition) is 5. The van der Waals surface area contributed by atoms with Crippen LogP contribution in [0.15, 0.2) is 42.7 Å². The molecule has 0 radical (unpaired) electrons. The maximum Gasteiger partial charge on any atom is 0.321 e. The van der Waals surface area contributed by atoms with Gasteiger partial charge in [0, 0.05) is 30.7 Å². The number of benzene rings is 1. The molecule has 1 N–H and O–H groups in total. The van der Waals surface area contributed by atoms with Crippen molar-refractivity contribution >= 4 is 11.7 Å².